The molecule has 0 bridgehead atoms. The predicted octanol–water partition coefficient (Wildman–Crippen LogP) is 4.79. The van der Waals surface area contributed by atoms with Gasteiger partial charge in [0.15, 0.2) is 10.8 Å². The first kappa shape index (κ1) is 23.3. The van der Waals surface area contributed by atoms with E-state index in [0.29, 0.717) is 24.8 Å². The first-order valence-corrected chi connectivity index (χ1v) is 13.4. The Morgan fingerprint density at radius 3 is 2.62 bits per heavy atom. The maximum Gasteiger partial charge on any atom is 0.220 e. The molecule has 0 atom stereocenters. The number of carbonyl (C=O) groups excluding carboxylic acids is 1. The monoisotopic (exact) mass is 458 g/mol. The summed E-state index contributed by atoms with van der Waals surface area (Å²) in [6, 6.07) is 0. The van der Waals surface area contributed by atoms with Gasteiger partial charge >= 0.3 is 0 Å². The Morgan fingerprint density at radius 1 is 1.12 bits per heavy atom. The topological polar surface area (TPSA) is 75.9 Å². The van der Waals surface area contributed by atoms with Crippen molar-refractivity contribution in [3.63, 3.8) is 0 Å². The van der Waals surface area contributed by atoms with Gasteiger partial charge in [-0.15, -0.1) is 0 Å². The number of amides is 1. The number of hydrogen-bond donors (Lipinski definition) is 1. The zero-order valence-corrected chi connectivity index (χ0v) is 20.5. The number of thioether (sulfide) groups is 1. The Bertz CT molecular complexity index is 886. The minimum atomic E-state index is 0.159. The van der Waals surface area contributed by atoms with Crippen LogP contribution >= 0.6 is 11.8 Å². The largest absolute Gasteiger partial charge is 0.356 e. The van der Waals surface area contributed by atoms with E-state index < -0.39 is 0 Å². The fourth-order valence-corrected chi connectivity index (χ4v) is 5.60. The van der Waals surface area contributed by atoms with Crippen molar-refractivity contribution in [2.45, 2.75) is 95.0 Å². The molecule has 0 spiro atoms. The summed E-state index contributed by atoms with van der Waals surface area (Å²) in [5, 5.41) is 9.95. The molecule has 1 saturated carbocycles. The van der Waals surface area contributed by atoms with E-state index in [1.807, 2.05) is 10.9 Å². The predicted molar refractivity (Wildman–Crippen MR) is 131 cm³/mol. The maximum absolute atomic E-state index is 12.3. The van der Waals surface area contributed by atoms with E-state index in [-0.39, 0.29) is 5.91 Å². The van der Waals surface area contributed by atoms with E-state index in [2.05, 4.69) is 29.2 Å². The lowest BCUT2D eigenvalue weighted by Crippen LogP contribution is -2.30. The van der Waals surface area contributed by atoms with Gasteiger partial charge in [-0.05, 0) is 31.6 Å². The second kappa shape index (κ2) is 11.3. The van der Waals surface area contributed by atoms with Gasteiger partial charge in [0.25, 0.3) is 0 Å². The van der Waals surface area contributed by atoms with Gasteiger partial charge in [-0.1, -0.05) is 57.7 Å². The van der Waals surface area contributed by atoms with Crippen LogP contribution < -0.4 is 10.2 Å². The molecule has 7 nitrogen and oxygen atoms in total. The van der Waals surface area contributed by atoms with Gasteiger partial charge in [0.05, 0.1) is 18.1 Å². The summed E-state index contributed by atoms with van der Waals surface area (Å²) in [6.45, 7) is 7.62. The number of anilines is 1. The van der Waals surface area contributed by atoms with Gasteiger partial charge in [0.1, 0.15) is 5.82 Å². The third-order valence-electron chi connectivity index (χ3n) is 6.60. The standard InChI is InChI=1S/C24H38N6OS/c1-18(2)32-24-27-22(29-14-7-4-8-15-29)20-17-26-30(23(20)28-24)16-13-25-21(31)12-11-19-9-5-3-6-10-19/h17-19H,3-16H2,1-2H3,(H,25,31). The number of piperidine rings is 1. The molecule has 0 unspecified atom stereocenters. The normalized spacial score (nSPS) is 17.9. The maximum atomic E-state index is 12.3. The first-order chi connectivity index (χ1) is 15.6. The highest BCUT2D eigenvalue weighted by molar-refractivity contribution is 7.99. The smallest absolute Gasteiger partial charge is 0.220 e. The quantitative estimate of drug-likeness (QED) is 0.430. The SMILES string of the molecule is CC(C)Sc1nc(N2CCCCC2)c2cnn(CCNC(=O)CCC3CCCCC3)c2n1. The van der Waals surface area contributed by atoms with Crippen molar-refractivity contribution < 1.29 is 4.79 Å². The Labute approximate surface area is 196 Å². The molecule has 2 aliphatic rings. The highest BCUT2D eigenvalue weighted by Gasteiger charge is 2.20. The number of fused-ring (bicyclic) bond motifs is 1. The summed E-state index contributed by atoms with van der Waals surface area (Å²) in [7, 11) is 0. The van der Waals surface area contributed by atoms with Crippen LogP contribution in [0.15, 0.2) is 11.4 Å². The summed E-state index contributed by atoms with van der Waals surface area (Å²) in [5.74, 6) is 1.92. The number of nitrogens with zero attached hydrogens (tertiary/aromatic N) is 5. The van der Waals surface area contributed by atoms with Crippen molar-refractivity contribution in [2.75, 3.05) is 24.5 Å². The molecular formula is C24H38N6OS. The average molecular weight is 459 g/mol. The highest BCUT2D eigenvalue weighted by Crippen LogP contribution is 2.30. The lowest BCUT2D eigenvalue weighted by molar-refractivity contribution is -0.121. The molecule has 1 aliphatic heterocycles. The van der Waals surface area contributed by atoms with Crippen molar-refractivity contribution in [3.05, 3.63) is 6.20 Å². The molecule has 3 heterocycles. The van der Waals surface area contributed by atoms with Gasteiger partial charge in [-0.2, -0.15) is 5.10 Å². The third-order valence-corrected chi connectivity index (χ3v) is 7.47. The van der Waals surface area contributed by atoms with Crippen molar-refractivity contribution >= 4 is 34.5 Å². The zero-order valence-electron chi connectivity index (χ0n) is 19.7. The molecule has 0 aromatic carbocycles. The average Bonchev–Trinajstić information content (AvgIpc) is 3.21. The van der Waals surface area contributed by atoms with Gasteiger partial charge in [-0.25, -0.2) is 14.6 Å². The molecule has 1 amide bonds. The van der Waals surface area contributed by atoms with Crippen LogP contribution in [-0.4, -0.2) is 50.5 Å². The van der Waals surface area contributed by atoms with Crippen molar-refractivity contribution in [1.29, 1.82) is 0 Å². The number of carbonyl (C=O) groups is 1. The second-order valence-electron chi connectivity index (χ2n) is 9.54. The number of nitrogens with one attached hydrogen (secondary N) is 1. The van der Waals surface area contributed by atoms with Crippen LogP contribution in [0.3, 0.4) is 0 Å². The number of rotatable bonds is 9. The summed E-state index contributed by atoms with van der Waals surface area (Å²) >= 11 is 1.69. The van der Waals surface area contributed by atoms with Crippen LogP contribution in [-0.2, 0) is 11.3 Å². The van der Waals surface area contributed by atoms with Crippen LogP contribution in [0.5, 0.6) is 0 Å². The molecule has 1 saturated heterocycles. The molecule has 1 N–H and O–H groups in total. The highest BCUT2D eigenvalue weighted by atomic mass is 32.2. The van der Waals surface area contributed by atoms with Crippen molar-refractivity contribution in [2.24, 2.45) is 5.92 Å². The van der Waals surface area contributed by atoms with Crippen LogP contribution in [0.1, 0.15) is 78.1 Å². The molecule has 2 aromatic heterocycles. The van der Waals surface area contributed by atoms with E-state index in [1.165, 1.54) is 51.4 Å². The van der Waals surface area contributed by atoms with Crippen LogP contribution in [0, 0.1) is 5.92 Å². The molecule has 32 heavy (non-hydrogen) atoms. The summed E-state index contributed by atoms with van der Waals surface area (Å²) in [6.07, 6.45) is 13.9. The van der Waals surface area contributed by atoms with Crippen LogP contribution in [0.4, 0.5) is 5.82 Å². The lowest BCUT2D eigenvalue weighted by Gasteiger charge is -2.28. The van der Waals surface area contributed by atoms with E-state index in [0.717, 1.165) is 47.4 Å². The van der Waals surface area contributed by atoms with Crippen molar-refractivity contribution in [1.82, 2.24) is 25.1 Å². The Balaban J connectivity index is 1.40. The number of hydrogen-bond acceptors (Lipinski definition) is 6. The van der Waals surface area contributed by atoms with Gasteiger partial charge in [-0.3, -0.25) is 4.79 Å². The minimum Gasteiger partial charge on any atom is -0.356 e. The Hall–Kier alpha value is -1.83. The minimum absolute atomic E-state index is 0.159. The molecule has 2 aromatic rings. The molecule has 1 aliphatic carbocycles. The van der Waals surface area contributed by atoms with E-state index in [4.69, 9.17) is 9.97 Å². The van der Waals surface area contributed by atoms with Crippen LogP contribution in [0.2, 0.25) is 0 Å². The molecular weight excluding hydrogens is 420 g/mol. The summed E-state index contributed by atoms with van der Waals surface area (Å²) in [4.78, 5) is 24.5. The number of aromatic nitrogens is 4. The molecule has 8 heteroatoms. The van der Waals surface area contributed by atoms with Crippen molar-refractivity contribution in [3.8, 4) is 0 Å². The molecule has 0 radical (unpaired) electrons. The Kier molecular flexibility index (Phi) is 8.27. The van der Waals surface area contributed by atoms with E-state index >= 15 is 0 Å². The van der Waals surface area contributed by atoms with Crippen LogP contribution in [0.25, 0.3) is 11.0 Å². The van der Waals surface area contributed by atoms with E-state index in [9.17, 15) is 4.79 Å². The molecule has 2 fully saturated rings. The zero-order chi connectivity index (χ0) is 22.3. The molecule has 176 valence electrons. The van der Waals surface area contributed by atoms with Gasteiger partial charge < -0.3 is 10.2 Å². The first-order valence-electron chi connectivity index (χ1n) is 12.5. The summed E-state index contributed by atoms with van der Waals surface area (Å²) < 4.78 is 1.93. The Morgan fingerprint density at radius 2 is 1.88 bits per heavy atom. The fraction of sp³-hybridized carbons (Fsp3) is 0.750. The lowest BCUT2D eigenvalue weighted by atomic mass is 9.86. The van der Waals surface area contributed by atoms with Gasteiger partial charge in [0.2, 0.25) is 5.91 Å². The second-order valence-corrected chi connectivity index (χ2v) is 11.1. The van der Waals surface area contributed by atoms with E-state index in [1.54, 1.807) is 11.8 Å². The third kappa shape index (κ3) is 6.15. The fourth-order valence-electron chi connectivity index (χ4n) is 4.90. The summed E-state index contributed by atoms with van der Waals surface area (Å²) in [5.41, 5.74) is 0.875. The molecule has 4 rings (SSSR count). The van der Waals surface area contributed by atoms with Gasteiger partial charge in [0, 0.05) is 31.3 Å².